The summed E-state index contributed by atoms with van der Waals surface area (Å²) in [5.41, 5.74) is -1.77. The van der Waals surface area contributed by atoms with Crippen molar-refractivity contribution in [2.75, 3.05) is 20.1 Å². The van der Waals surface area contributed by atoms with Crippen molar-refractivity contribution in [3.05, 3.63) is 39.4 Å². The molecule has 1 aromatic rings. The average Bonchev–Trinajstić information content (AvgIpc) is 2.86. The number of nitro benzene ring substituents is 1. The fraction of sp³-hybridized carbons (Fsp3) is 0.417. The first-order chi connectivity index (χ1) is 9.45. The number of likely N-dealkylation sites (N-methyl/N-ethyl adjacent to an activating group) is 1. The number of nitro groups is 1. The first-order valence-electron chi connectivity index (χ1n) is 6.04. The van der Waals surface area contributed by atoms with Gasteiger partial charge in [-0.25, -0.2) is 4.39 Å². The second-order valence-corrected chi connectivity index (χ2v) is 4.54. The molecule has 0 bridgehead atoms. The molecule has 1 saturated heterocycles. The van der Waals surface area contributed by atoms with Gasteiger partial charge in [-0.05, 0) is 19.5 Å². The number of nitrogens with zero attached hydrogens (tertiary/aromatic N) is 2. The van der Waals surface area contributed by atoms with Gasteiger partial charge in [0, 0.05) is 25.2 Å². The molecule has 20 heavy (non-hydrogen) atoms. The largest absolute Gasteiger partial charge is 0.337 e. The van der Waals surface area contributed by atoms with Gasteiger partial charge in [-0.3, -0.25) is 14.9 Å². The first kappa shape index (κ1) is 14.3. The molecule has 1 amide bonds. The Bertz CT molecular complexity index is 565. The number of hydrogen-bond acceptors (Lipinski definition) is 4. The van der Waals surface area contributed by atoms with Crippen LogP contribution in [0.25, 0.3) is 0 Å². The molecule has 0 aromatic heterocycles. The monoisotopic (exact) mass is 285 g/mol. The Morgan fingerprint density at radius 1 is 1.50 bits per heavy atom. The maximum Gasteiger partial charge on any atom is 0.305 e. The van der Waals surface area contributed by atoms with Crippen LogP contribution < -0.4 is 5.32 Å². The minimum Gasteiger partial charge on any atom is -0.337 e. The van der Waals surface area contributed by atoms with Crippen molar-refractivity contribution >= 4 is 11.6 Å². The minimum absolute atomic E-state index is 0.0590. The molecule has 1 aromatic carbocycles. The summed E-state index contributed by atoms with van der Waals surface area (Å²) in [4.78, 5) is 23.1. The molecule has 1 heterocycles. The zero-order valence-corrected chi connectivity index (χ0v) is 10.7. The lowest BCUT2D eigenvalue weighted by atomic mass is 10.1. The number of halogens is 2. The molecular weight excluding hydrogens is 272 g/mol. The lowest BCUT2D eigenvalue weighted by Gasteiger charge is -2.17. The molecule has 108 valence electrons. The SMILES string of the molecule is CNC1CCN(C(=O)c2c(F)ccc([N+](=O)[O-])c2F)C1. The number of likely N-dealkylation sites (tertiary alicyclic amines) is 1. The van der Waals surface area contributed by atoms with Gasteiger partial charge in [0.15, 0.2) is 0 Å². The van der Waals surface area contributed by atoms with Crippen LogP contribution in [0.15, 0.2) is 12.1 Å². The Morgan fingerprint density at radius 3 is 2.75 bits per heavy atom. The van der Waals surface area contributed by atoms with E-state index in [-0.39, 0.29) is 6.04 Å². The average molecular weight is 285 g/mol. The summed E-state index contributed by atoms with van der Waals surface area (Å²) in [6.07, 6.45) is 0.667. The number of benzene rings is 1. The second-order valence-electron chi connectivity index (χ2n) is 4.54. The number of hydrogen-bond donors (Lipinski definition) is 1. The first-order valence-corrected chi connectivity index (χ1v) is 6.04. The van der Waals surface area contributed by atoms with Crippen LogP contribution in [-0.2, 0) is 0 Å². The van der Waals surface area contributed by atoms with E-state index < -0.39 is 33.7 Å². The van der Waals surface area contributed by atoms with Gasteiger partial charge in [0.25, 0.3) is 5.91 Å². The van der Waals surface area contributed by atoms with E-state index in [0.717, 1.165) is 6.07 Å². The van der Waals surface area contributed by atoms with Crippen LogP contribution in [0.1, 0.15) is 16.8 Å². The Labute approximate surface area is 113 Å². The molecule has 1 aliphatic rings. The van der Waals surface area contributed by atoms with Crippen LogP contribution >= 0.6 is 0 Å². The fourth-order valence-corrected chi connectivity index (χ4v) is 2.22. The summed E-state index contributed by atoms with van der Waals surface area (Å²) in [6, 6.07) is 1.51. The van der Waals surface area contributed by atoms with Gasteiger partial charge < -0.3 is 10.2 Å². The zero-order chi connectivity index (χ0) is 14.9. The van der Waals surface area contributed by atoms with Gasteiger partial charge in [-0.15, -0.1) is 0 Å². The van der Waals surface area contributed by atoms with Gasteiger partial charge in [0.05, 0.1) is 4.92 Å². The molecule has 1 aliphatic heterocycles. The summed E-state index contributed by atoms with van der Waals surface area (Å²) < 4.78 is 27.6. The Morgan fingerprint density at radius 2 is 2.20 bits per heavy atom. The van der Waals surface area contributed by atoms with Gasteiger partial charge in [-0.2, -0.15) is 4.39 Å². The molecule has 0 spiro atoms. The second kappa shape index (κ2) is 5.49. The van der Waals surface area contributed by atoms with Crippen molar-refractivity contribution in [1.82, 2.24) is 10.2 Å². The Kier molecular flexibility index (Phi) is 3.93. The zero-order valence-electron chi connectivity index (χ0n) is 10.7. The molecule has 0 radical (unpaired) electrons. The maximum atomic E-state index is 13.9. The molecule has 1 atom stereocenters. The van der Waals surface area contributed by atoms with Gasteiger partial charge in [0.1, 0.15) is 11.4 Å². The normalized spacial score (nSPS) is 18.4. The molecule has 2 rings (SSSR count). The van der Waals surface area contributed by atoms with Crippen LogP contribution in [0.4, 0.5) is 14.5 Å². The molecule has 1 fully saturated rings. The molecular formula is C12H13F2N3O3. The highest BCUT2D eigenvalue weighted by molar-refractivity contribution is 5.95. The van der Waals surface area contributed by atoms with E-state index in [9.17, 15) is 23.7 Å². The van der Waals surface area contributed by atoms with E-state index in [1.807, 2.05) is 0 Å². The molecule has 0 aliphatic carbocycles. The lowest BCUT2D eigenvalue weighted by Crippen LogP contribution is -2.34. The van der Waals surface area contributed by atoms with E-state index in [0.29, 0.717) is 25.6 Å². The van der Waals surface area contributed by atoms with E-state index >= 15 is 0 Å². The van der Waals surface area contributed by atoms with Crippen LogP contribution in [0, 0.1) is 21.7 Å². The predicted molar refractivity (Wildman–Crippen MR) is 66.4 cm³/mol. The van der Waals surface area contributed by atoms with Crippen LogP contribution in [0.2, 0.25) is 0 Å². The van der Waals surface area contributed by atoms with Crippen LogP contribution in [0.5, 0.6) is 0 Å². The number of carbonyl (C=O) groups excluding carboxylic acids is 1. The van der Waals surface area contributed by atoms with E-state index in [2.05, 4.69) is 5.32 Å². The fourth-order valence-electron chi connectivity index (χ4n) is 2.22. The van der Waals surface area contributed by atoms with Crippen molar-refractivity contribution in [2.45, 2.75) is 12.5 Å². The molecule has 1 N–H and O–H groups in total. The molecule has 8 heteroatoms. The maximum absolute atomic E-state index is 13.9. The summed E-state index contributed by atoms with van der Waals surface area (Å²) >= 11 is 0. The standard InChI is InChI=1S/C12H13F2N3O3/c1-15-7-4-5-16(6-7)12(18)10-8(13)2-3-9(11(10)14)17(19)20/h2-3,7,15H,4-6H2,1H3. The van der Waals surface area contributed by atoms with Crippen molar-refractivity contribution < 1.29 is 18.5 Å². The van der Waals surface area contributed by atoms with E-state index in [1.54, 1.807) is 7.05 Å². The van der Waals surface area contributed by atoms with Gasteiger partial charge in [-0.1, -0.05) is 0 Å². The van der Waals surface area contributed by atoms with Crippen molar-refractivity contribution in [2.24, 2.45) is 0 Å². The van der Waals surface area contributed by atoms with Crippen molar-refractivity contribution in [1.29, 1.82) is 0 Å². The smallest absolute Gasteiger partial charge is 0.305 e. The van der Waals surface area contributed by atoms with Gasteiger partial charge >= 0.3 is 5.69 Å². The number of carbonyl (C=O) groups is 1. The Hall–Kier alpha value is -2.09. The quantitative estimate of drug-likeness (QED) is 0.671. The summed E-state index contributed by atoms with van der Waals surface area (Å²) in [7, 11) is 1.73. The van der Waals surface area contributed by atoms with Crippen LogP contribution in [0.3, 0.4) is 0 Å². The Balaban J connectivity index is 2.35. The van der Waals surface area contributed by atoms with Crippen LogP contribution in [-0.4, -0.2) is 41.9 Å². The number of nitrogens with one attached hydrogen (secondary N) is 1. The topological polar surface area (TPSA) is 75.5 Å². The van der Waals surface area contributed by atoms with Crippen molar-refractivity contribution in [3.8, 4) is 0 Å². The predicted octanol–water partition coefficient (Wildman–Crippen LogP) is 1.31. The highest BCUT2D eigenvalue weighted by Gasteiger charge is 2.32. The van der Waals surface area contributed by atoms with Crippen molar-refractivity contribution in [3.63, 3.8) is 0 Å². The number of amides is 1. The highest BCUT2D eigenvalue weighted by atomic mass is 19.1. The van der Waals surface area contributed by atoms with Gasteiger partial charge in [0.2, 0.25) is 5.82 Å². The molecule has 6 nitrogen and oxygen atoms in total. The summed E-state index contributed by atoms with van der Waals surface area (Å²) in [5.74, 6) is -3.37. The van der Waals surface area contributed by atoms with E-state index in [4.69, 9.17) is 0 Å². The lowest BCUT2D eigenvalue weighted by molar-refractivity contribution is -0.387. The third-order valence-electron chi connectivity index (χ3n) is 3.37. The third kappa shape index (κ3) is 2.46. The molecule has 1 unspecified atom stereocenters. The number of rotatable bonds is 3. The highest BCUT2D eigenvalue weighted by Crippen LogP contribution is 2.25. The summed E-state index contributed by atoms with van der Waals surface area (Å²) in [6.45, 7) is 0.669. The minimum atomic E-state index is -1.42. The summed E-state index contributed by atoms with van der Waals surface area (Å²) in [5, 5.41) is 13.6. The third-order valence-corrected chi connectivity index (χ3v) is 3.37. The van der Waals surface area contributed by atoms with E-state index in [1.165, 1.54) is 4.90 Å². The molecule has 0 saturated carbocycles.